The van der Waals surface area contributed by atoms with Crippen LogP contribution in [0.5, 0.6) is 5.75 Å². The molecule has 1 N–H and O–H groups in total. The molecular weight excluding hydrogens is 388 g/mol. The lowest BCUT2D eigenvalue weighted by Crippen LogP contribution is -2.39. The van der Waals surface area contributed by atoms with Gasteiger partial charge in [0.05, 0.1) is 11.3 Å². The zero-order valence-electron chi connectivity index (χ0n) is 18.2. The monoisotopic (exact) mass is 416 g/mol. The molecule has 3 rings (SSSR count). The van der Waals surface area contributed by atoms with E-state index in [0.717, 1.165) is 17.5 Å². The summed E-state index contributed by atoms with van der Waals surface area (Å²) >= 11 is 0. The molecule has 0 aliphatic carbocycles. The molecule has 0 aliphatic rings. The van der Waals surface area contributed by atoms with E-state index >= 15 is 0 Å². The second-order valence-electron chi connectivity index (χ2n) is 7.43. The molecule has 0 aromatic heterocycles. The van der Waals surface area contributed by atoms with E-state index < -0.39 is 6.10 Å². The first-order chi connectivity index (χ1) is 15.0. The molecule has 5 heteroatoms. The van der Waals surface area contributed by atoms with E-state index in [2.05, 4.69) is 5.32 Å². The maximum atomic E-state index is 13.0. The van der Waals surface area contributed by atoms with Crippen molar-refractivity contribution in [3.8, 4) is 5.75 Å². The van der Waals surface area contributed by atoms with E-state index in [1.165, 1.54) is 4.90 Å². The van der Waals surface area contributed by atoms with Gasteiger partial charge in [-0.25, -0.2) is 0 Å². The average Bonchev–Trinajstić information content (AvgIpc) is 2.80. The van der Waals surface area contributed by atoms with Gasteiger partial charge in [-0.05, 0) is 49.6 Å². The summed E-state index contributed by atoms with van der Waals surface area (Å²) in [6.07, 6.45) is 0.0467. The number of rotatable bonds is 8. The number of para-hydroxylation sites is 2. The van der Waals surface area contributed by atoms with Crippen LogP contribution in [0.15, 0.2) is 78.9 Å². The van der Waals surface area contributed by atoms with Crippen molar-refractivity contribution >= 4 is 17.5 Å². The van der Waals surface area contributed by atoms with Crippen molar-refractivity contribution in [3.63, 3.8) is 0 Å². The summed E-state index contributed by atoms with van der Waals surface area (Å²) in [5, 5.41) is 2.95. The number of aryl methyl sites for hydroxylation is 1. The fraction of sp³-hybridized carbons (Fsp3) is 0.231. The van der Waals surface area contributed by atoms with E-state index in [-0.39, 0.29) is 11.8 Å². The quantitative estimate of drug-likeness (QED) is 0.592. The molecule has 0 spiro atoms. The summed E-state index contributed by atoms with van der Waals surface area (Å²) in [6.45, 7) is 4.17. The lowest BCUT2D eigenvalue weighted by Gasteiger charge is -2.24. The lowest BCUT2D eigenvalue weighted by atomic mass is 10.1. The first-order valence-corrected chi connectivity index (χ1v) is 10.4. The summed E-state index contributed by atoms with van der Waals surface area (Å²) < 4.78 is 5.87. The summed E-state index contributed by atoms with van der Waals surface area (Å²) in [5.74, 6) is 0.232. The van der Waals surface area contributed by atoms with Crippen LogP contribution < -0.4 is 15.0 Å². The summed E-state index contributed by atoms with van der Waals surface area (Å²) in [4.78, 5) is 27.3. The molecule has 0 aliphatic heterocycles. The molecular formula is C26H28N2O3. The minimum absolute atomic E-state index is 0.210. The molecule has 31 heavy (non-hydrogen) atoms. The number of amides is 2. The van der Waals surface area contributed by atoms with Crippen LogP contribution in [0.4, 0.5) is 5.69 Å². The second kappa shape index (κ2) is 10.4. The molecule has 0 fully saturated rings. The van der Waals surface area contributed by atoms with Crippen molar-refractivity contribution in [2.45, 2.75) is 26.4 Å². The predicted molar refractivity (Wildman–Crippen MR) is 124 cm³/mol. The van der Waals surface area contributed by atoms with E-state index in [9.17, 15) is 9.59 Å². The van der Waals surface area contributed by atoms with Gasteiger partial charge in [0.25, 0.3) is 11.8 Å². The fourth-order valence-corrected chi connectivity index (χ4v) is 3.34. The number of hydrogen-bond acceptors (Lipinski definition) is 3. The smallest absolute Gasteiger partial charge is 0.267 e. The number of nitrogens with zero attached hydrogens (tertiary/aromatic N) is 1. The van der Waals surface area contributed by atoms with Crippen molar-refractivity contribution in [3.05, 3.63) is 95.6 Å². The number of hydrogen-bond donors (Lipinski definition) is 1. The Morgan fingerprint density at radius 3 is 2.32 bits per heavy atom. The molecule has 0 radical (unpaired) electrons. The van der Waals surface area contributed by atoms with E-state index in [1.54, 1.807) is 32.2 Å². The molecule has 3 aromatic rings. The van der Waals surface area contributed by atoms with Gasteiger partial charge in [-0.3, -0.25) is 9.59 Å². The Kier molecular flexibility index (Phi) is 7.44. The molecule has 5 nitrogen and oxygen atoms in total. The van der Waals surface area contributed by atoms with Crippen LogP contribution in [0, 0.1) is 6.92 Å². The van der Waals surface area contributed by atoms with Gasteiger partial charge in [0.1, 0.15) is 5.75 Å². The van der Waals surface area contributed by atoms with Crippen molar-refractivity contribution in [2.75, 3.05) is 18.5 Å². The minimum Gasteiger partial charge on any atom is -0.481 e. The Morgan fingerprint density at radius 2 is 1.58 bits per heavy atom. The molecule has 0 heterocycles. The van der Waals surface area contributed by atoms with Crippen molar-refractivity contribution in [1.82, 2.24) is 5.32 Å². The highest BCUT2D eigenvalue weighted by atomic mass is 16.5. The zero-order valence-corrected chi connectivity index (χ0v) is 18.2. The first kappa shape index (κ1) is 22.1. The van der Waals surface area contributed by atoms with Crippen molar-refractivity contribution in [1.29, 1.82) is 0 Å². The molecule has 0 saturated heterocycles. The van der Waals surface area contributed by atoms with Crippen LogP contribution in [0.1, 0.15) is 28.4 Å². The van der Waals surface area contributed by atoms with E-state index in [1.807, 2.05) is 67.6 Å². The van der Waals surface area contributed by atoms with Crippen LogP contribution in [-0.4, -0.2) is 31.5 Å². The third-order valence-corrected chi connectivity index (χ3v) is 5.13. The van der Waals surface area contributed by atoms with Gasteiger partial charge in [0.2, 0.25) is 0 Å². The van der Waals surface area contributed by atoms with Crippen LogP contribution in [0.2, 0.25) is 0 Å². The molecule has 3 aromatic carbocycles. The highest BCUT2D eigenvalue weighted by Crippen LogP contribution is 2.22. The highest BCUT2D eigenvalue weighted by Gasteiger charge is 2.24. The molecule has 0 saturated carbocycles. The second-order valence-corrected chi connectivity index (χ2v) is 7.43. The first-order valence-electron chi connectivity index (χ1n) is 10.4. The minimum atomic E-state index is -0.694. The van der Waals surface area contributed by atoms with Gasteiger partial charge in [0.15, 0.2) is 6.10 Å². The molecule has 1 atom stereocenters. The Balaban J connectivity index is 1.67. The van der Waals surface area contributed by atoms with Crippen molar-refractivity contribution in [2.24, 2.45) is 0 Å². The van der Waals surface area contributed by atoms with E-state index in [4.69, 9.17) is 4.74 Å². The summed E-state index contributed by atoms with van der Waals surface area (Å²) in [6, 6.07) is 24.7. The maximum absolute atomic E-state index is 13.0. The van der Waals surface area contributed by atoms with Gasteiger partial charge in [-0.2, -0.15) is 0 Å². The fourth-order valence-electron chi connectivity index (χ4n) is 3.34. The van der Waals surface area contributed by atoms with Crippen LogP contribution >= 0.6 is 0 Å². The predicted octanol–water partition coefficient (Wildman–Crippen LogP) is 4.40. The topological polar surface area (TPSA) is 58.6 Å². The average molecular weight is 417 g/mol. The number of carbonyl (C=O) groups excluding carboxylic acids is 2. The SMILES string of the molecule is Cc1ccccc1OC(C)C(=O)N(C)c1ccccc1C(=O)NCCc1ccccc1. The van der Waals surface area contributed by atoms with Crippen LogP contribution in [0.25, 0.3) is 0 Å². The molecule has 2 amide bonds. The Labute approximate surface area is 183 Å². The highest BCUT2D eigenvalue weighted by molar-refractivity contribution is 6.05. The molecule has 160 valence electrons. The van der Waals surface area contributed by atoms with Gasteiger partial charge in [-0.1, -0.05) is 60.7 Å². The molecule has 0 bridgehead atoms. The van der Waals surface area contributed by atoms with Gasteiger partial charge in [-0.15, -0.1) is 0 Å². The number of benzene rings is 3. The number of carbonyl (C=O) groups is 2. The normalized spacial score (nSPS) is 11.5. The van der Waals surface area contributed by atoms with E-state index in [0.29, 0.717) is 23.5 Å². The Bertz CT molecular complexity index is 1030. The van der Waals surface area contributed by atoms with Gasteiger partial charge >= 0.3 is 0 Å². The Hall–Kier alpha value is -3.60. The summed E-state index contributed by atoms with van der Waals surface area (Å²) in [7, 11) is 1.66. The van der Waals surface area contributed by atoms with Crippen LogP contribution in [-0.2, 0) is 11.2 Å². The number of likely N-dealkylation sites (N-methyl/N-ethyl adjacent to an activating group) is 1. The zero-order chi connectivity index (χ0) is 22.2. The van der Waals surface area contributed by atoms with Gasteiger partial charge < -0.3 is 15.0 Å². The van der Waals surface area contributed by atoms with Crippen molar-refractivity contribution < 1.29 is 14.3 Å². The number of nitrogens with one attached hydrogen (secondary N) is 1. The lowest BCUT2D eigenvalue weighted by molar-refractivity contribution is -0.124. The third-order valence-electron chi connectivity index (χ3n) is 5.13. The van der Waals surface area contributed by atoms with Crippen LogP contribution in [0.3, 0.4) is 0 Å². The summed E-state index contributed by atoms with van der Waals surface area (Å²) in [5.41, 5.74) is 3.12. The largest absolute Gasteiger partial charge is 0.481 e. The standard InChI is InChI=1S/C26H28N2O3/c1-19-11-7-10-16-24(19)31-20(2)26(30)28(3)23-15-9-8-14-22(23)25(29)27-18-17-21-12-5-4-6-13-21/h4-16,20H,17-18H2,1-3H3,(H,27,29). The number of ether oxygens (including phenoxy) is 1. The number of anilines is 1. The Morgan fingerprint density at radius 1 is 0.935 bits per heavy atom. The maximum Gasteiger partial charge on any atom is 0.267 e. The van der Waals surface area contributed by atoms with Gasteiger partial charge in [0, 0.05) is 13.6 Å². The third kappa shape index (κ3) is 5.72. The molecule has 1 unspecified atom stereocenters.